The highest BCUT2D eigenvalue weighted by Gasteiger charge is 2.27. The molecule has 128 valence electrons. The van der Waals surface area contributed by atoms with E-state index in [-0.39, 0.29) is 11.9 Å². The summed E-state index contributed by atoms with van der Waals surface area (Å²) in [5.74, 6) is 0.111. The zero-order chi connectivity index (χ0) is 16.8. The molecule has 1 aliphatic rings. The molecule has 0 radical (unpaired) electrons. The average Bonchev–Trinajstić information content (AvgIpc) is 3.00. The van der Waals surface area contributed by atoms with E-state index in [4.69, 9.17) is 0 Å². The Morgan fingerprint density at radius 2 is 2.08 bits per heavy atom. The molecule has 0 saturated carbocycles. The molecule has 1 amide bonds. The van der Waals surface area contributed by atoms with Gasteiger partial charge in [0.15, 0.2) is 0 Å². The third-order valence-corrected chi connectivity index (χ3v) is 4.75. The minimum absolute atomic E-state index is 0.0960. The van der Waals surface area contributed by atoms with Crippen molar-refractivity contribution in [2.24, 2.45) is 0 Å². The first-order chi connectivity index (χ1) is 11.7. The Hall–Kier alpha value is -2.14. The molecule has 3 rings (SSSR count). The summed E-state index contributed by atoms with van der Waals surface area (Å²) in [6, 6.07) is 9.81. The van der Waals surface area contributed by atoms with Crippen LogP contribution >= 0.6 is 0 Å². The van der Waals surface area contributed by atoms with E-state index < -0.39 is 6.10 Å². The summed E-state index contributed by atoms with van der Waals surface area (Å²) in [6.07, 6.45) is 9.48. The normalized spacial score (nSPS) is 19.7. The fourth-order valence-electron chi connectivity index (χ4n) is 3.45. The molecule has 1 fully saturated rings. The maximum absolute atomic E-state index is 12.7. The van der Waals surface area contributed by atoms with Gasteiger partial charge in [0.1, 0.15) is 6.54 Å². The van der Waals surface area contributed by atoms with Crippen molar-refractivity contribution >= 4 is 5.91 Å². The van der Waals surface area contributed by atoms with E-state index in [1.54, 1.807) is 17.1 Å². The van der Waals surface area contributed by atoms with Crippen LogP contribution in [0.25, 0.3) is 0 Å². The number of carbonyl (C=O) groups excluding carboxylic acids is 1. The Kier molecular flexibility index (Phi) is 5.64. The van der Waals surface area contributed by atoms with Crippen molar-refractivity contribution in [3.63, 3.8) is 0 Å². The van der Waals surface area contributed by atoms with E-state index in [2.05, 4.69) is 4.98 Å². The number of carbonyl (C=O) groups is 1. The van der Waals surface area contributed by atoms with Gasteiger partial charge in [0, 0.05) is 25.0 Å². The van der Waals surface area contributed by atoms with E-state index >= 15 is 0 Å². The van der Waals surface area contributed by atoms with Crippen LogP contribution in [0.2, 0.25) is 0 Å². The molecule has 2 heterocycles. The molecule has 1 aromatic carbocycles. The number of hydrogen-bond acceptors (Lipinski definition) is 3. The molecular formula is C19H25N3O2. The molecule has 1 saturated heterocycles. The molecule has 1 N–H and O–H groups in total. The van der Waals surface area contributed by atoms with Crippen LogP contribution in [0.15, 0.2) is 49.1 Å². The first-order valence-electron chi connectivity index (χ1n) is 8.72. The number of aromatic nitrogens is 2. The molecule has 1 aromatic heterocycles. The highest BCUT2D eigenvalue weighted by atomic mass is 16.3. The lowest BCUT2D eigenvalue weighted by Crippen LogP contribution is -2.42. The van der Waals surface area contributed by atoms with Crippen LogP contribution in [0, 0.1) is 0 Å². The Labute approximate surface area is 142 Å². The van der Waals surface area contributed by atoms with E-state index in [9.17, 15) is 9.90 Å². The third kappa shape index (κ3) is 4.23. The standard InChI is InChI=1S/C19H25N3O2/c23-18(16-7-3-1-4-8-16)13-17-9-5-2-6-11-22(17)19(24)14-21-12-10-20-15-21/h1,3-4,7-8,10,12,15,17-18,23H,2,5-6,9,11,13-14H2/t17-,18-/m1/s1. The van der Waals surface area contributed by atoms with E-state index in [1.165, 1.54) is 0 Å². The van der Waals surface area contributed by atoms with E-state index in [1.807, 2.05) is 41.4 Å². The summed E-state index contributed by atoms with van der Waals surface area (Å²) in [7, 11) is 0. The Bertz CT molecular complexity index is 627. The van der Waals surface area contributed by atoms with Gasteiger partial charge in [-0.15, -0.1) is 0 Å². The van der Waals surface area contributed by atoms with Gasteiger partial charge in [-0.2, -0.15) is 0 Å². The van der Waals surface area contributed by atoms with Crippen molar-refractivity contribution in [3.05, 3.63) is 54.6 Å². The fourth-order valence-corrected chi connectivity index (χ4v) is 3.45. The van der Waals surface area contributed by atoms with Gasteiger partial charge in [-0.05, 0) is 24.8 Å². The van der Waals surface area contributed by atoms with Crippen molar-refractivity contribution in [2.75, 3.05) is 6.54 Å². The van der Waals surface area contributed by atoms with Crippen LogP contribution in [-0.2, 0) is 11.3 Å². The second-order valence-electron chi connectivity index (χ2n) is 6.49. The Morgan fingerprint density at radius 3 is 2.83 bits per heavy atom. The quantitative estimate of drug-likeness (QED) is 0.919. The van der Waals surface area contributed by atoms with Gasteiger partial charge in [0.2, 0.25) is 5.91 Å². The summed E-state index contributed by atoms with van der Waals surface area (Å²) in [6.45, 7) is 1.09. The Morgan fingerprint density at radius 1 is 1.25 bits per heavy atom. The van der Waals surface area contributed by atoms with Gasteiger partial charge >= 0.3 is 0 Å². The predicted octanol–water partition coefficient (Wildman–Crippen LogP) is 2.78. The predicted molar refractivity (Wildman–Crippen MR) is 92.2 cm³/mol. The molecule has 0 unspecified atom stereocenters. The molecule has 2 aromatic rings. The van der Waals surface area contributed by atoms with Crippen molar-refractivity contribution < 1.29 is 9.90 Å². The zero-order valence-corrected chi connectivity index (χ0v) is 13.9. The lowest BCUT2D eigenvalue weighted by Gasteiger charge is -2.32. The average molecular weight is 327 g/mol. The van der Waals surface area contributed by atoms with Crippen LogP contribution in [-0.4, -0.2) is 38.1 Å². The first-order valence-corrected chi connectivity index (χ1v) is 8.72. The molecule has 0 aliphatic carbocycles. The number of aliphatic hydroxyl groups excluding tert-OH is 1. The second-order valence-corrected chi connectivity index (χ2v) is 6.49. The molecule has 1 aliphatic heterocycles. The maximum Gasteiger partial charge on any atom is 0.242 e. The second kappa shape index (κ2) is 8.11. The highest BCUT2D eigenvalue weighted by Crippen LogP contribution is 2.26. The van der Waals surface area contributed by atoms with Crippen molar-refractivity contribution in [2.45, 2.75) is 50.8 Å². The van der Waals surface area contributed by atoms with E-state index in [0.717, 1.165) is 37.8 Å². The zero-order valence-electron chi connectivity index (χ0n) is 13.9. The number of rotatable bonds is 5. The van der Waals surface area contributed by atoms with Gasteiger partial charge < -0.3 is 14.6 Å². The van der Waals surface area contributed by atoms with Gasteiger partial charge in [-0.25, -0.2) is 4.98 Å². The lowest BCUT2D eigenvalue weighted by molar-refractivity contribution is -0.134. The molecule has 5 nitrogen and oxygen atoms in total. The molecule has 2 atom stereocenters. The number of likely N-dealkylation sites (tertiary alicyclic amines) is 1. The largest absolute Gasteiger partial charge is 0.388 e. The summed E-state index contributed by atoms with van der Waals surface area (Å²) in [5, 5.41) is 10.6. The van der Waals surface area contributed by atoms with Crippen LogP contribution in [0.3, 0.4) is 0 Å². The first kappa shape index (κ1) is 16.7. The van der Waals surface area contributed by atoms with Crippen LogP contribution in [0.4, 0.5) is 0 Å². The maximum atomic E-state index is 12.7. The molecule has 0 bridgehead atoms. The topological polar surface area (TPSA) is 58.4 Å². The van der Waals surface area contributed by atoms with Crippen molar-refractivity contribution in [3.8, 4) is 0 Å². The van der Waals surface area contributed by atoms with E-state index in [0.29, 0.717) is 13.0 Å². The fraction of sp³-hybridized carbons (Fsp3) is 0.474. The number of benzene rings is 1. The third-order valence-electron chi connectivity index (χ3n) is 4.75. The number of imidazole rings is 1. The van der Waals surface area contributed by atoms with Crippen LogP contribution in [0.5, 0.6) is 0 Å². The summed E-state index contributed by atoms with van der Waals surface area (Å²) < 4.78 is 1.80. The SMILES string of the molecule is O=C(Cn1ccnc1)N1CCCCC[C@@H]1C[C@@H](O)c1ccccc1. The molecule has 24 heavy (non-hydrogen) atoms. The minimum atomic E-state index is -0.530. The van der Waals surface area contributed by atoms with Gasteiger partial charge in [-0.3, -0.25) is 4.79 Å². The number of hydrogen-bond donors (Lipinski definition) is 1. The molecular weight excluding hydrogens is 302 g/mol. The highest BCUT2D eigenvalue weighted by molar-refractivity contribution is 5.76. The number of aliphatic hydroxyl groups is 1. The number of amides is 1. The number of nitrogens with zero attached hydrogens (tertiary/aromatic N) is 3. The Balaban J connectivity index is 1.69. The van der Waals surface area contributed by atoms with Gasteiger partial charge in [-0.1, -0.05) is 43.2 Å². The molecule has 0 spiro atoms. The molecule has 5 heteroatoms. The van der Waals surface area contributed by atoms with Crippen molar-refractivity contribution in [1.82, 2.24) is 14.5 Å². The van der Waals surface area contributed by atoms with Gasteiger partial charge in [0.25, 0.3) is 0 Å². The monoisotopic (exact) mass is 327 g/mol. The van der Waals surface area contributed by atoms with Crippen molar-refractivity contribution in [1.29, 1.82) is 0 Å². The summed E-state index contributed by atoms with van der Waals surface area (Å²) >= 11 is 0. The minimum Gasteiger partial charge on any atom is -0.388 e. The van der Waals surface area contributed by atoms with Gasteiger partial charge in [0.05, 0.1) is 12.4 Å². The smallest absolute Gasteiger partial charge is 0.242 e. The van der Waals surface area contributed by atoms with Crippen LogP contribution < -0.4 is 0 Å². The summed E-state index contributed by atoms with van der Waals surface area (Å²) in [5.41, 5.74) is 0.920. The lowest BCUT2D eigenvalue weighted by atomic mass is 9.98. The van der Waals surface area contributed by atoms with Crippen LogP contribution in [0.1, 0.15) is 43.8 Å². The summed E-state index contributed by atoms with van der Waals surface area (Å²) in [4.78, 5) is 18.7.